The van der Waals surface area contributed by atoms with E-state index in [4.69, 9.17) is 5.26 Å². The van der Waals surface area contributed by atoms with Crippen LogP contribution in [0.4, 0.5) is 17.6 Å². The second-order valence-electron chi connectivity index (χ2n) is 10.2. The van der Waals surface area contributed by atoms with Gasteiger partial charge in [0.2, 0.25) is 0 Å². The Hall–Kier alpha value is -1.83. The van der Waals surface area contributed by atoms with E-state index in [-0.39, 0.29) is 0 Å². The number of allylic oxidation sites excluding steroid dienone is 2. The van der Waals surface area contributed by atoms with Crippen LogP contribution in [0.3, 0.4) is 0 Å². The average Bonchev–Trinajstić information content (AvgIpc) is 2.82. The van der Waals surface area contributed by atoms with E-state index in [9.17, 15) is 17.6 Å². The minimum Gasteiger partial charge on any atom is -0.195 e. The van der Waals surface area contributed by atoms with E-state index >= 15 is 0 Å². The van der Waals surface area contributed by atoms with E-state index in [1.807, 2.05) is 0 Å². The van der Waals surface area contributed by atoms with Crippen molar-refractivity contribution in [2.24, 2.45) is 17.8 Å². The first-order valence-corrected chi connectivity index (χ1v) is 12.8. The summed E-state index contributed by atoms with van der Waals surface area (Å²) in [4.78, 5) is 0. The SMILES string of the molecule is N#CC(F)=CCC[C@H]1CC[C@H](CCCC[C@H]2CC[C@H](c3ccc(C(F)(F)F)cc3)CC2)CC1. The fraction of sp³-hybridized carbons (Fsp3) is 0.679. The van der Waals surface area contributed by atoms with Crippen LogP contribution in [0.2, 0.25) is 0 Å². The number of hydrogen-bond acceptors (Lipinski definition) is 1. The molecular formula is C28H37F4N. The summed E-state index contributed by atoms with van der Waals surface area (Å²) in [5, 5.41) is 8.46. The molecule has 33 heavy (non-hydrogen) atoms. The Morgan fingerprint density at radius 2 is 1.30 bits per heavy atom. The van der Waals surface area contributed by atoms with Crippen LogP contribution in [0.5, 0.6) is 0 Å². The second-order valence-corrected chi connectivity index (χ2v) is 10.2. The highest BCUT2D eigenvalue weighted by atomic mass is 19.4. The molecule has 0 N–H and O–H groups in total. The number of unbranched alkanes of at least 4 members (excludes halogenated alkanes) is 1. The summed E-state index contributed by atoms with van der Waals surface area (Å²) in [6.45, 7) is 0. The monoisotopic (exact) mass is 463 g/mol. The Kier molecular flexibility index (Phi) is 9.83. The molecule has 1 nitrogen and oxygen atoms in total. The molecule has 2 fully saturated rings. The zero-order valence-corrected chi connectivity index (χ0v) is 19.6. The van der Waals surface area contributed by atoms with Gasteiger partial charge in [-0.3, -0.25) is 0 Å². The minimum atomic E-state index is -4.26. The van der Waals surface area contributed by atoms with Crippen molar-refractivity contribution in [2.45, 2.75) is 102 Å². The molecule has 2 saturated carbocycles. The number of nitriles is 1. The Balaban J connectivity index is 1.25. The predicted molar refractivity (Wildman–Crippen MR) is 124 cm³/mol. The molecule has 0 amide bonds. The van der Waals surface area contributed by atoms with Gasteiger partial charge in [0, 0.05) is 0 Å². The first kappa shape index (κ1) is 25.8. The maximum absolute atomic E-state index is 12.9. The summed E-state index contributed by atoms with van der Waals surface area (Å²) in [6.07, 6.45) is 13.6. The number of nitrogens with zero attached hydrogens (tertiary/aromatic N) is 1. The van der Waals surface area contributed by atoms with Gasteiger partial charge >= 0.3 is 6.18 Å². The highest BCUT2D eigenvalue weighted by molar-refractivity contribution is 5.27. The largest absolute Gasteiger partial charge is 0.416 e. The third kappa shape index (κ3) is 8.47. The number of hydrogen-bond donors (Lipinski definition) is 0. The molecule has 2 aliphatic rings. The van der Waals surface area contributed by atoms with Gasteiger partial charge in [0.05, 0.1) is 5.56 Å². The van der Waals surface area contributed by atoms with Crippen molar-refractivity contribution in [1.29, 1.82) is 5.26 Å². The zero-order valence-electron chi connectivity index (χ0n) is 19.6. The molecule has 0 saturated heterocycles. The van der Waals surface area contributed by atoms with E-state index < -0.39 is 17.6 Å². The lowest BCUT2D eigenvalue weighted by Crippen LogP contribution is -2.15. The van der Waals surface area contributed by atoms with Crippen LogP contribution in [-0.2, 0) is 6.18 Å². The molecule has 0 aliphatic heterocycles. The molecule has 0 spiro atoms. The van der Waals surface area contributed by atoms with Crippen molar-refractivity contribution < 1.29 is 17.6 Å². The quantitative estimate of drug-likeness (QED) is 0.203. The maximum atomic E-state index is 12.9. The van der Waals surface area contributed by atoms with Gasteiger partial charge in [-0.1, -0.05) is 63.5 Å². The first-order chi connectivity index (χ1) is 15.8. The summed E-state index contributed by atoms with van der Waals surface area (Å²) < 4.78 is 51.1. The van der Waals surface area contributed by atoms with Crippen molar-refractivity contribution >= 4 is 0 Å². The van der Waals surface area contributed by atoms with Gasteiger partial charge in [-0.2, -0.15) is 22.8 Å². The maximum Gasteiger partial charge on any atom is 0.416 e. The summed E-state index contributed by atoms with van der Waals surface area (Å²) in [6, 6.07) is 7.32. The smallest absolute Gasteiger partial charge is 0.195 e. The fourth-order valence-corrected chi connectivity index (χ4v) is 5.89. The lowest BCUT2D eigenvalue weighted by Gasteiger charge is -2.30. The van der Waals surface area contributed by atoms with E-state index in [0.717, 1.165) is 36.7 Å². The number of rotatable bonds is 9. The highest BCUT2D eigenvalue weighted by Gasteiger charge is 2.30. The standard InChI is InChI=1S/C28H37F4N/c29-27(20-33)7-3-6-23-10-8-21(9-11-23)4-1-2-5-22-12-14-24(15-13-22)25-16-18-26(19-17-25)28(30,31)32/h7,16-19,21-24H,1-6,8-15H2/t21-,22-,23-,24-. The average molecular weight is 464 g/mol. The van der Waals surface area contributed by atoms with Crippen molar-refractivity contribution in [3.05, 3.63) is 47.3 Å². The molecule has 5 heteroatoms. The molecule has 0 atom stereocenters. The molecule has 0 bridgehead atoms. The van der Waals surface area contributed by atoms with E-state index in [1.165, 1.54) is 88.5 Å². The zero-order chi connectivity index (χ0) is 23.7. The van der Waals surface area contributed by atoms with Crippen LogP contribution >= 0.6 is 0 Å². The van der Waals surface area contributed by atoms with Crippen molar-refractivity contribution in [3.63, 3.8) is 0 Å². The molecule has 0 unspecified atom stereocenters. The van der Waals surface area contributed by atoms with Crippen LogP contribution in [0.25, 0.3) is 0 Å². The van der Waals surface area contributed by atoms with Gasteiger partial charge in [0.1, 0.15) is 6.07 Å². The third-order valence-electron chi connectivity index (χ3n) is 8.00. The second kappa shape index (κ2) is 12.6. The molecule has 1 aromatic carbocycles. The van der Waals surface area contributed by atoms with Gasteiger partial charge in [0.15, 0.2) is 5.83 Å². The van der Waals surface area contributed by atoms with Crippen LogP contribution in [0, 0.1) is 29.1 Å². The van der Waals surface area contributed by atoms with Crippen LogP contribution < -0.4 is 0 Å². The predicted octanol–water partition coefficient (Wildman–Crippen LogP) is 9.50. The topological polar surface area (TPSA) is 23.8 Å². The lowest BCUT2D eigenvalue weighted by molar-refractivity contribution is -0.137. The van der Waals surface area contributed by atoms with Crippen molar-refractivity contribution in [2.75, 3.05) is 0 Å². The first-order valence-electron chi connectivity index (χ1n) is 12.8. The number of benzene rings is 1. The minimum absolute atomic E-state index is 0.408. The van der Waals surface area contributed by atoms with Crippen LogP contribution in [0.1, 0.15) is 107 Å². The van der Waals surface area contributed by atoms with E-state index in [2.05, 4.69) is 0 Å². The normalized spacial score (nSPS) is 26.7. The van der Waals surface area contributed by atoms with Crippen LogP contribution in [0.15, 0.2) is 36.2 Å². The highest BCUT2D eigenvalue weighted by Crippen LogP contribution is 2.39. The molecule has 3 rings (SSSR count). The molecule has 182 valence electrons. The van der Waals surface area contributed by atoms with E-state index in [0.29, 0.717) is 18.3 Å². The number of halogens is 4. The molecular weight excluding hydrogens is 426 g/mol. The Bertz CT molecular complexity index is 774. The van der Waals surface area contributed by atoms with Gasteiger partial charge < -0.3 is 0 Å². The summed E-state index contributed by atoms with van der Waals surface area (Å²) in [7, 11) is 0. The fourth-order valence-electron chi connectivity index (χ4n) is 5.89. The van der Waals surface area contributed by atoms with Crippen molar-refractivity contribution in [1.82, 2.24) is 0 Å². The van der Waals surface area contributed by atoms with E-state index in [1.54, 1.807) is 12.1 Å². The Labute approximate surface area is 196 Å². The summed E-state index contributed by atoms with van der Waals surface area (Å²) in [5.74, 6) is 2.04. The third-order valence-corrected chi connectivity index (χ3v) is 8.00. The summed E-state index contributed by atoms with van der Waals surface area (Å²) in [5.41, 5.74) is 0.500. The Morgan fingerprint density at radius 1 is 0.818 bits per heavy atom. The van der Waals surface area contributed by atoms with Gasteiger partial charge in [-0.15, -0.1) is 0 Å². The van der Waals surface area contributed by atoms with Crippen LogP contribution in [-0.4, -0.2) is 0 Å². The molecule has 0 heterocycles. The molecule has 0 radical (unpaired) electrons. The number of alkyl halides is 3. The van der Waals surface area contributed by atoms with Gasteiger partial charge in [-0.25, -0.2) is 0 Å². The van der Waals surface area contributed by atoms with Crippen molar-refractivity contribution in [3.8, 4) is 6.07 Å². The van der Waals surface area contributed by atoms with Gasteiger partial charge in [0.25, 0.3) is 0 Å². The van der Waals surface area contributed by atoms with Gasteiger partial charge in [-0.05, 0) is 86.0 Å². The molecule has 2 aliphatic carbocycles. The lowest BCUT2D eigenvalue weighted by atomic mass is 9.76. The molecule has 1 aromatic rings. The molecule has 0 aromatic heterocycles. The summed E-state index contributed by atoms with van der Waals surface area (Å²) >= 11 is 0. The Morgan fingerprint density at radius 3 is 1.79 bits per heavy atom.